The van der Waals surface area contributed by atoms with Crippen molar-refractivity contribution in [3.8, 4) is 0 Å². The van der Waals surface area contributed by atoms with Crippen molar-refractivity contribution in [2.45, 2.75) is 31.7 Å². The van der Waals surface area contributed by atoms with E-state index in [4.69, 9.17) is 0 Å². The molecule has 0 saturated carbocycles. The SMILES string of the molecule is Cn1cccc1[C@@H](CNC(=O)C(=O)Nc1ccon1)N1CCCCCC1. The van der Waals surface area contributed by atoms with Crippen LogP contribution in [-0.2, 0) is 16.6 Å². The van der Waals surface area contributed by atoms with Crippen molar-refractivity contribution in [2.75, 3.05) is 25.0 Å². The van der Waals surface area contributed by atoms with Gasteiger partial charge in [0.1, 0.15) is 6.26 Å². The normalized spacial score (nSPS) is 16.7. The molecule has 1 saturated heterocycles. The monoisotopic (exact) mass is 359 g/mol. The number of likely N-dealkylation sites (tertiary alicyclic amines) is 1. The van der Waals surface area contributed by atoms with Crippen LogP contribution in [0.5, 0.6) is 0 Å². The Morgan fingerprint density at radius 3 is 2.58 bits per heavy atom. The van der Waals surface area contributed by atoms with Gasteiger partial charge in [-0.3, -0.25) is 19.8 Å². The van der Waals surface area contributed by atoms with Gasteiger partial charge in [0.25, 0.3) is 0 Å². The number of aromatic nitrogens is 2. The number of anilines is 1. The van der Waals surface area contributed by atoms with Gasteiger partial charge in [-0.25, -0.2) is 0 Å². The van der Waals surface area contributed by atoms with Crippen molar-refractivity contribution in [3.05, 3.63) is 36.4 Å². The summed E-state index contributed by atoms with van der Waals surface area (Å²) in [7, 11) is 2.00. The summed E-state index contributed by atoms with van der Waals surface area (Å²) in [6, 6.07) is 5.59. The van der Waals surface area contributed by atoms with E-state index in [0.717, 1.165) is 31.6 Å². The molecule has 1 aliphatic rings. The molecule has 3 heterocycles. The second-order valence-electron chi connectivity index (χ2n) is 6.56. The molecule has 3 rings (SSSR count). The molecule has 1 fully saturated rings. The lowest BCUT2D eigenvalue weighted by Crippen LogP contribution is -2.43. The van der Waals surface area contributed by atoms with Crippen LogP contribution in [0.25, 0.3) is 0 Å². The quantitative estimate of drug-likeness (QED) is 0.793. The van der Waals surface area contributed by atoms with E-state index >= 15 is 0 Å². The fourth-order valence-electron chi connectivity index (χ4n) is 3.37. The summed E-state index contributed by atoms with van der Waals surface area (Å²) in [6.07, 6.45) is 8.12. The van der Waals surface area contributed by atoms with Gasteiger partial charge in [-0.15, -0.1) is 0 Å². The summed E-state index contributed by atoms with van der Waals surface area (Å²) < 4.78 is 6.71. The lowest BCUT2D eigenvalue weighted by Gasteiger charge is -2.31. The van der Waals surface area contributed by atoms with E-state index in [1.165, 1.54) is 25.2 Å². The molecule has 140 valence electrons. The van der Waals surface area contributed by atoms with Crippen LogP contribution >= 0.6 is 0 Å². The summed E-state index contributed by atoms with van der Waals surface area (Å²) in [5.74, 6) is -1.21. The van der Waals surface area contributed by atoms with Crippen molar-refractivity contribution in [1.29, 1.82) is 0 Å². The van der Waals surface area contributed by atoms with Crippen LogP contribution in [0.4, 0.5) is 5.82 Å². The summed E-state index contributed by atoms with van der Waals surface area (Å²) in [5, 5.41) is 8.74. The number of aryl methyl sites for hydroxylation is 1. The second-order valence-corrected chi connectivity index (χ2v) is 6.56. The van der Waals surface area contributed by atoms with E-state index in [1.807, 2.05) is 19.3 Å². The third-order valence-corrected chi connectivity index (χ3v) is 4.75. The Hall–Kier alpha value is -2.61. The highest BCUT2D eigenvalue weighted by molar-refractivity contribution is 6.39. The molecule has 8 heteroatoms. The number of hydrogen-bond acceptors (Lipinski definition) is 5. The first-order valence-corrected chi connectivity index (χ1v) is 9.00. The van der Waals surface area contributed by atoms with Crippen LogP contribution in [0.3, 0.4) is 0 Å². The molecule has 1 atom stereocenters. The van der Waals surface area contributed by atoms with Crippen LogP contribution in [-0.4, -0.2) is 46.1 Å². The van der Waals surface area contributed by atoms with E-state index in [0.29, 0.717) is 6.54 Å². The van der Waals surface area contributed by atoms with E-state index < -0.39 is 11.8 Å². The van der Waals surface area contributed by atoms with Crippen molar-refractivity contribution in [3.63, 3.8) is 0 Å². The predicted molar refractivity (Wildman–Crippen MR) is 96.3 cm³/mol. The zero-order valence-electron chi connectivity index (χ0n) is 15.0. The summed E-state index contributed by atoms with van der Waals surface area (Å²) in [5.41, 5.74) is 1.13. The van der Waals surface area contributed by atoms with Crippen molar-refractivity contribution in [1.82, 2.24) is 19.9 Å². The fourth-order valence-corrected chi connectivity index (χ4v) is 3.37. The van der Waals surface area contributed by atoms with Gasteiger partial charge in [-0.05, 0) is 38.1 Å². The summed E-state index contributed by atoms with van der Waals surface area (Å²) in [4.78, 5) is 26.6. The molecule has 0 aromatic carbocycles. The van der Waals surface area contributed by atoms with Crippen molar-refractivity contribution in [2.24, 2.45) is 7.05 Å². The van der Waals surface area contributed by atoms with Gasteiger partial charge in [0.15, 0.2) is 5.82 Å². The molecule has 2 aromatic heterocycles. The minimum Gasteiger partial charge on any atom is -0.363 e. The van der Waals surface area contributed by atoms with Gasteiger partial charge in [-0.1, -0.05) is 18.0 Å². The van der Waals surface area contributed by atoms with Gasteiger partial charge in [0.05, 0.1) is 6.04 Å². The average molecular weight is 359 g/mol. The largest absolute Gasteiger partial charge is 0.363 e. The molecule has 0 radical (unpaired) electrons. The summed E-state index contributed by atoms with van der Waals surface area (Å²) >= 11 is 0. The maximum atomic E-state index is 12.2. The van der Waals surface area contributed by atoms with Crippen LogP contribution < -0.4 is 10.6 Å². The van der Waals surface area contributed by atoms with Gasteiger partial charge in [-0.2, -0.15) is 0 Å². The number of amides is 2. The van der Waals surface area contributed by atoms with Gasteiger partial charge >= 0.3 is 11.8 Å². The topological polar surface area (TPSA) is 92.4 Å². The lowest BCUT2D eigenvalue weighted by atomic mass is 10.1. The Labute approximate surface area is 152 Å². The smallest absolute Gasteiger partial charge is 0.314 e. The Morgan fingerprint density at radius 2 is 1.96 bits per heavy atom. The Balaban J connectivity index is 1.64. The third kappa shape index (κ3) is 4.51. The maximum Gasteiger partial charge on any atom is 0.314 e. The molecule has 1 aliphatic heterocycles. The first-order valence-electron chi connectivity index (χ1n) is 9.00. The van der Waals surface area contributed by atoms with Crippen LogP contribution in [0.15, 0.2) is 35.2 Å². The zero-order valence-corrected chi connectivity index (χ0v) is 15.0. The molecule has 2 N–H and O–H groups in total. The lowest BCUT2D eigenvalue weighted by molar-refractivity contribution is -0.136. The highest BCUT2D eigenvalue weighted by Gasteiger charge is 2.25. The van der Waals surface area contributed by atoms with Crippen LogP contribution in [0.2, 0.25) is 0 Å². The van der Waals surface area contributed by atoms with Crippen molar-refractivity contribution < 1.29 is 14.1 Å². The Morgan fingerprint density at radius 1 is 1.19 bits per heavy atom. The molecule has 0 aliphatic carbocycles. The van der Waals surface area contributed by atoms with Gasteiger partial charge < -0.3 is 14.4 Å². The molecule has 2 aromatic rings. The molecular weight excluding hydrogens is 334 g/mol. The van der Waals surface area contributed by atoms with E-state index in [1.54, 1.807) is 0 Å². The minimum atomic E-state index is -0.750. The predicted octanol–water partition coefficient (Wildman–Crippen LogP) is 1.69. The molecule has 2 amide bonds. The van der Waals surface area contributed by atoms with E-state index in [9.17, 15) is 9.59 Å². The number of rotatable bonds is 5. The second kappa shape index (κ2) is 8.66. The Bertz CT molecular complexity index is 717. The fraction of sp³-hybridized carbons (Fsp3) is 0.500. The molecule has 0 unspecified atom stereocenters. The first kappa shape index (κ1) is 18.2. The molecular formula is C18H25N5O3. The molecule has 0 bridgehead atoms. The number of hydrogen-bond donors (Lipinski definition) is 2. The summed E-state index contributed by atoms with van der Waals surface area (Å²) in [6.45, 7) is 2.37. The van der Waals surface area contributed by atoms with Crippen molar-refractivity contribution >= 4 is 17.6 Å². The Kier molecular flexibility index (Phi) is 6.06. The molecule has 8 nitrogen and oxygen atoms in total. The number of nitrogens with one attached hydrogen (secondary N) is 2. The van der Waals surface area contributed by atoms with Crippen LogP contribution in [0.1, 0.15) is 37.4 Å². The average Bonchev–Trinajstić information content (AvgIpc) is 3.21. The van der Waals surface area contributed by atoms with E-state index in [2.05, 4.69) is 35.8 Å². The standard InChI is InChI=1S/C18H25N5O3/c1-22-9-6-7-14(22)15(23-10-4-2-3-5-11-23)13-19-17(24)18(25)20-16-8-12-26-21-16/h6-9,12,15H,2-5,10-11,13H2,1H3,(H,19,24)(H,20,21,25)/t15-/m1/s1. The highest BCUT2D eigenvalue weighted by atomic mass is 16.5. The van der Waals surface area contributed by atoms with Crippen LogP contribution in [0, 0.1) is 0 Å². The van der Waals surface area contributed by atoms with E-state index in [-0.39, 0.29) is 11.9 Å². The molecule has 26 heavy (non-hydrogen) atoms. The number of nitrogens with zero attached hydrogens (tertiary/aromatic N) is 3. The minimum absolute atomic E-state index is 0.0388. The highest BCUT2D eigenvalue weighted by Crippen LogP contribution is 2.24. The zero-order chi connectivity index (χ0) is 18.4. The van der Waals surface area contributed by atoms with Gasteiger partial charge in [0.2, 0.25) is 0 Å². The molecule has 0 spiro atoms. The first-order chi connectivity index (χ1) is 12.6. The third-order valence-electron chi connectivity index (χ3n) is 4.75. The maximum absolute atomic E-state index is 12.2. The number of carbonyl (C=O) groups excluding carboxylic acids is 2. The van der Waals surface area contributed by atoms with Gasteiger partial charge in [0, 0.05) is 31.5 Å². The number of carbonyl (C=O) groups is 2.